The van der Waals surface area contributed by atoms with Crippen molar-refractivity contribution in [3.8, 4) is 0 Å². The zero-order valence-corrected chi connectivity index (χ0v) is 21.3. The highest BCUT2D eigenvalue weighted by Crippen LogP contribution is 2.36. The Hall–Kier alpha value is -1.36. The fourth-order valence-electron chi connectivity index (χ4n) is 7.81. The van der Waals surface area contributed by atoms with Crippen LogP contribution in [0.5, 0.6) is 0 Å². The lowest BCUT2D eigenvalue weighted by Crippen LogP contribution is -2.57. The second-order valence-electron chi connectivity index (χ2n) is 12.1. The Kier molecular flexibility index (Phi) is 8.29. The molecule has 2 saturated carbocycles. The molecule has 0 radical (unpaired) electrons. The van der Waals surface area contributed by atoms with Crippen molar-refractivity contribution in [2.75, 3.05) is 39.3 Å². The quantitative estimate of drug-likeness (QED) is 0.522. The van der Waals surface area contributed by atoms with Crippen LogP contribution in [0.1, 0.15) is 89.9 Å². The predicted octanol–water partition coefficient (Wildman–Crippen LogP) is 4.86. The molecule has 3 heterocycles. The molecule has 3 saturated heterocycles. The van der Waals surface area contributed by atoms with Crippen LogP contribution in [-0.4, -0.2) is 71.8 Å². The minimum absolute atomic E-state index is 0.206. The van der Waals surface area contributed by atoms with Gasteiger partial charge >= 0.3 is 0 Å². The van der Waals surface area contributed by atoms with E-state index in [2.05, 4.69) is 22.0 Å². The van der Waals surface area contributed by atoms with E-state index in [0.29, 0.717) is 36.8 Å². The first-order valence-corrected chi connectivity index (χ1v) is 14.6. The number of hydrogen-bond donors (Lipinski definition) is 0. The van der Waals surface area contributed by atoms with Crippen LogP contribution >= 0.6 is 0 Å². The molecule has 5 fully saturated rings. The molecule has 2 amide bonds. The molecule has 5 rings (SSSR count). The lowest BCUT2D eigenvalue weighted by molar-refractivity contribution is -0.143. The molecule has 190 valence electrons. The smallest absolute Gasteiger partial charge is 0.242 e. The number of nitrogens with zero attached hydrogens (tertiary/aromatic N) is 3. The third-order valence-corrected chi connectivity index (χ3v) is 9.78. The summed E-state index contributed by atoms with van der Waals surface area (Å²) in [6, 6.07) is 0.381. The molecule has 0 aromatic carbocycles. The van der Waals surface area contributed by atoms with E-state index in [1.54, 1.807) is 0 Å². The first-order chi connectivity index (χ1) is 16.7. The molecule has 2 aliphatic carbocycles. The number of allylic oxidation sites excluding steroid dienone is 1. The van der Waals surface area contributed by atoms with Gasteiger partial charge in [-0.2, -0.15) is 0 Å². The molecule has 0 N–H and O–H groups in total. The third kappa shape index (κ3) is 5.88. The molecule has 5 nitrogen and oxygen atoms in total. The third-order valence-electron chi connectivity index (χ3n) is 9.78. The number of amides is 2. The number of carbonyl (C=O) groups is 2. The molecule has 0 aromatic rings. The molecular weight excluding hydrogens is 422 g/mol. The van der Waals surface area contributed by atoms with Crippen LogP contribution in [0.15, 0.2) is 12.2 Å². The maximum atomic E-state index is 13.4. The van der Waals surface area contributed by atoms with E-state index in [1.165, 1.54) is 70.6 Å². The van der Waals surface area contributed by atoms with Crippen molar-refractivity contribution >= 4 is 11.8 Å². The minimum atomic E-state index is 0.206. The number of carbonyl (C=O) groups excluding carboxylic acids is 2. The maximum Gasteiger partial charge on any atom is 0.242 e. The van der Waals surface area contributed by atoms with Crippen LogP contribution < -0.4 is 0 Å². The number of rotatable bonds is 6. The Morgan fingerprint density at radius 1 is 0.794 bits per heavy atom. The monoisotopic (exact) mass is 469 g/mol. The van der Waals surface area contributed by atoms with Gasteiger partial charge in [-0.05, 0) is 55.8 Å². The molecule has 34 heavy (non-hydrogen) atoms. The molecule has 0 spiro atoms. The summed E-state index contributed by atoms with van der Waals surface area (Å²) < 4.78 is 0. The largest absolute Gasteiger partial charge is 0.338 e. The zero-order valence-electron chi connectivity index (χ0n) is 21.3. The number of piperidine rings is 2. The van der Waals surface area contributed by atoms with E-state index < -0.39 is 0 Å². The van der Waals surface area contributed by atoms with E-state index in [9.17, 15) is 9.59 Å². The van der Waals surface area contributed by atoms with Crippen molar-refractivity contribution in [3.63, 3.8) is 0 Å². The predicted molar refractivity (Wildman–Crippen MR) is 136 cm³/mol. The molecule has 0 aromatic heterocycles. The van der Waals surface area contributed by atoms with Gasteiger partial charge in [0.25, 0.3) is 0 Å². The average Bonchev–Trinajstić information content (AvgIpc) is 3.24. The van der Waals surface area contributed by atoms with Gasteiger partial charge in [0.2, 0.25) is 11.8 Å². The van der Waals surface area contributed by atoms with Crippen molar-refractivity contribution < 1.29 is 9.59 Å². The SMILES string of the molecule is O=C1C[C@@H](C2CCCCC2)CN1CC(=O)N1CCC[C@@H]2CN(C/C=C/C3CCCCC3)CC[C@H]21. The van der Waals surface area contributed by atoms with Gasteiger partial charge in [0.15, 0.2) is 0 Å². The Balaban J connectivity index is 1.10. The van der Waals surface area contributed by atoms with Gasteiger partial charge in [0, 0.05) is 45.2 Å². The summed E-state index contributed by atoms with van der Waals surface area (Å²) in [5.41, 5.74) is 0. The Morgan fingerprint density at radius 2 is 1.53 bits per heavy atom. The van der Waals surface area contributed by atoms with Crippen LogP contribution in [0.2, 0.25) is 0 Å². The van der Waals surface area contributed by atoms with Crippen LogP contribution in [0, 0.1) is 23.7 Å². The highest BCUT2D eigenvalue weighted by Gasteiger charge is 2.40. The second-order valence-corrected chi connectivity index (χ2v) is 12.1. The van der Waals surface area contributed by atoms with Gasteiger partial charge in [0.05, 0.1) is 6.54 Å². The summed E-state index contributed by atoms with van der Waals surface area (Å²) in [6.07, 6.45) is 22.5. The van der Waals surface area contributed by atoms with Gasteiger partial charge in [-0.3, -0.25) is 14.5 Å². The van der Waals surface area contributed by atoms with E-state index in [1.807, 2.05) is 4.90 Å². The highest BCUT2D eigenvalue weighted by molar-refractivity contribution is 5.86. The first kappa shape index (κ1) is 24.3. The normalized spacial score (nSPS) is 32.5. The summed E-state index contributed by atoms with van der Waals surface area (Å²) in [4.78, 5) is 32.8. The molecule has 5 heteroatoms. The first-order valence-electron chi connectivity index (χ1n) is 14.6. The van der Waals surface area contributed by atoms with Crippen molar-refractivity contribution in [3.05, 3.63) is 12.2 Å². The van der Waals surface area contributed by atoms with Gasteiger partial charge < -0.3 is 9.80 Å². The highest BCUT2D eigenvalue weighted by atomic mass is 16.2. The van der Waals surface area contributed by atoms with E-state index >= 15 is 0 Å². The standard InChI is InChI=1S/C29H47N3O2/c33-28-19-26(24-12-5-2-6-13-24)21-31(28)22-29(34)32-17-8-14-25-20-30(18-15-27(25)32)16-7-11-23-9-3-1-4-10-23/h7,11,23-27H,1-6,8-10,12-22H2/b11-7+/t25-,26-,27-/m1/s1. The van der Waals surface area contributed by atoms with E-state index in [0.717, 1.165) is 51.5 Å². The fourth-order valence-corrected chi connectivity index (χ4v) is 7.81. The van der Waals surface area contributed by atoms with Gasteiger partial charge in [0.1, 0.15) is 0 Å². The average molecular weight is 470 g/mol. The van der Waals surface area contributed by atoms with Gasteiger partial charge in [-0.15, -0.1) is 0 Å². The molecule has 3 aliphatic heterocycles. The summed E-state index contributed by atoms with van der Waals surface area (Å²) in [7, 11) is 0. The van der Waals surface area contributed by atoms with Crippen LogP contribution in [0.25, 0.3) is 0 Å². The van der Waals surface area contributed by atoms with Crippen LogP contribution in [0.4, 0.5) is 0 Å². The summed E-state index contributed by atoms with van der Waals surface area (Å²) in [5, 5.41) is 0. The number of hydrogen-bond acceptors (Lipinski definition) is 3. The Labute approximate surface area is 207 Å². The fraction of sp³-hybridized carbons (Fsp3) is 0.862. The molecular formula is C29H47N3O2. The molecule has 0 unspecified atom stereocenters. The minimum Gasteiger partial charge on any atom is -0.338 e. The Morgan fingerprint density at radius 3 is 2.32 bits per heavy atom. The van der Waals surface area contributed by atoms with E-state index in [-0.39, 0.29) is 11.8 Å². The van der Waals surface area contributed by atoms with E-state index in [4.69, 9.17) is 0 Å². The van der Waals surface area contributed by atoms with Crippen LogP contribution in [-0.2, 0) is 9.59 Å². The maximum absolute atomic E-state index is 13.4. The lowest BCUT2D eigenvalue weighted by Gasteiger charge is -2.47. The molecule has 5 aliphatic rings. The lowest BCUT2D eigenvalue weighted by atomic mass is 9.79. The van der Waals surface area contributed by atoms with Crippen molar-refractivity contribution in [2.45, 2.75) is 95.9 Å². The summed E-state index contributed by atoms with van der Waals surface area (Å²) in [5.74, 6) is 3.02. The van der Waals surface area contributed by atoms with Crippen molar-refractivity contribution in [2.24, 2.45) is 23.7 Å². The number of likely N-dealkylation sites (tertiary alicyclic amines) is 3. The summed E-state index contributed by atoms with van der Waals surface area (Å²) in [6.45, 7) is 5.30. The van der Waals surface area contributed by atoms with Crippen LogP contribution in [0.3, 0.4) is 0 Å². The van der Waals surface area contributed by atoms with Gasteiger partial charge in [-0.1, -0.05) is 63.5 Å². The Bertz CT molecular complexity index is 725. The van der Waals surface area contributed by atoms with Crippen molar-refractivity contribution in [1.82, 2.24) is 14.7 Å². The number of fused-ring (bicyclic) bond motifs is 1. The molecule has 0 bridgehead atoms. The summed E-state index contributed by atoms with van der Waals surface area (Å²) >= 11 is 0. The second kappa shape index (κ2) is 11.6. The molecule has 3 atom stereocenters. The zero-order chi connectivity index (χ0) is 23.3. The van der Waals surface area contributed by atoms with Crippen molar-refractivity contribution in [1.29, 1.82) is 0 Å². The van der Waals surface area contributed by atoms with Gasteiger partial charge in [-0.25, -0.2) is 0 Å². The topological polar surface area (TPSA) is 43.9 Å².